The Morgan fingerprint density at radius 2 is 2.29 bits per heavy atom. The second-order valence-electron chi connectivity index (χ2n) is 4.68. The van der Waals surface area contributed by atoms with Crippen molar-refractivity contribution in [2.75, 3.05) is 6.54 Å². The summed E-state index contributed by atoms with van der Waals surface area (Å²) >= 11 is 0. The zero-order valence-electron chi connectivity index (χ0n) is 9.72. The average molecular weight is 195 g/mol. The molecule has 0 amide bonds. The molecule has 1 heterocycles. The van der Waals surface area contributed by atoms with Crippen molar-refractivity contribution in [3.05, 3.63) is 23.9 Å². The van der Waals surface area contributed by atoms with Crippen molar-refractivity contribution in [2.45, 2.75) is 40.0 Å². The monoisotopic (exact) mass is 195 g/mol. The van der Waals surface area contributed by atoms with E-state index in [4.69, 9.17) is 0 Å². The van der Waals surface area contributed by atoms with Crippen molar-refractivity contribution >= 4 is 0 Å². The molecule has 0 saturated carbocycles. The van der Waals surface area contributed by atoms with Gasteiger partial charge < -0.3 is 5.32 Å². The molecule has 0 bridgehead atoms. The molecule has 0 aliphatic carbocycles. The van der Waals surface area contributed by atoms with Crippen LogP contribution >= 0.6 is 0 Å². The molecule has 1 rings (SSSR count). The smallest absolute Gasteiger partial charge is 0.0325 e. The number of rotatable bonds is 2. The van der Waals surface area contributed by atoms with E-state index in [-0.39, 0.29) is 1.43 Å². The zero-order chi connectivity index (χ0) is 10.4. The molecule has 82 valence electrons. The normalized spacial score (nSPS) is 29.4. The van der Waals surface area contributed by atoms with Gasteiger partial charge >= 0.3 is 0 Å². The molecule has 1 unspecified atom stereocenters. The average Bonchev–Trinajstić information content (AvgIpc) is 2.20. The van der Waals surface area contributed by atoms with Gasteiger partial charge in [0.15, 0.2) is 0 Å². The van der Waals surface area contributed by atoms with E-state index < -0.39 is 0 Å². The Balaban J connectivity index is 0.00000196. The Labute approximate surface area is 89.8 Å². The summed E-state index contributed by atoms with van der Waals surface area (Å²) < 4.78 is 0. The second kappa shape index (κ2) is 5.90. The van der Waals surface area contributed by atoms with Crippen LogP contribution in [0, 0.1) is 11.8 Å². The van der Waals surface area contributed by atoms with Crippen LogP contribution in [0.5, 0.6) is 0 Å². The quantitative estimate of drug-likeness (QED) is 0.662. The van der Waals surface area contributed by atoms with Gasteiger partial charge in [0.25, 0.3) is 0 Å². The molecule has 0 fully saturated rings. The standard InChI is InChI=1S/C13H23N.H2/c1-11(2)9-13-10-14-8-6-4-5-7-12(13)3;/h4,6,10-12,14H,5,7-9H2,1-3H3;1H/b6-4-,13-10-;. The minimum atomic E-state index is 0. The summed E-state index contributed by atoms with van der Waals surface area (Å²) in [6.07, 6.45) is 10.5. The van der Waals surface area contributed by atoms with E-state index in [2.05, 4.69) is 44.4 Å². The Morgan fingerprint density at radius 1 is 1.50 bits per heavy atom. The first-order valence-corrected chi connectivity index (χ1v) is 5.77. The van der Waals surface area contributed by atoms with Crippen LogP contribution in [0.3, 0.4) is 0 Å². The predicted molar refractivity (Wildman–Crippen MR) is 65.2 cm³/mol. The molecule has 0 spiro atoms. The molecule has 1 N–H and O–H groups in total. The fraction of sp³-hybridized carbons (Fsp3) is 0.692. The van der Waals surface area contributed by atoms with Gasteiger partial charge in [-0.25, -0.2) is 0 Å². The third kappa shape index (κ3) is 3.99. The van der Waals surface area contributed by atoms with Crippen molar-refractivity contribution < 1.29 is 1.43 Å². The summed E-state index contributed by atoms with van der Waals surface area (Å²) in [6.45, 7) is 7.90. The molecule has 1 aliphatic heterocycles. The maximum atomic E-state index is 3.36. The highest BCUT2D eigenvalue weighted by Gasteiger charge is 2.10. The van der Waals surface area contributed by atoms with Gasteiger partial charge in [0.1, 0.15) is 0 Å². The van der Waals surface area contributed by atoms with Crippen LogP contribution in [0.15, 0.2) is 23.9 Å². The van der Waals surface area contributed by atoms with Crippen LogP contribution in [0.2, 0.25) is 0 Å². The molecule has 0 aromatic rings. The molecule has 1 nitrogen and oxygen atoms in total. The Morgan fingerprint density at radius 3 is 3.00 bits per heavy atom. The molecule has 1 heteroatoms. The van der Waals surface area contributed by atoms with Crippen LogP contribution < -0.4 is 5.32 Å². The third-order valence-corrected chi connectivity index (χ3v) is 2.73. The van der Waals surface area contributed by atoms with Crippen molar-refractivity contribution in [3.63, 3.8) is 0 Å². The minimum absolute atomic E-state index is 0. The van der Waals surface area contributed by atoms with E-state index in [0.29, 0.717) is 0 Å². The maximum Gasteiger partial charge on any atom is 0.0325 e. The molecule has 14 heavy (non-hydrogen) atoms. The minimum Gasteiger partial charge on any atom is -0.387 e. The lowest BCUT2D eigenvalue weighted by molar-refractivity contribution is 0.537. The van der Waals surface area contributed by atoms with E-state index in [1.54, 1.807) is 5.57 Å². The van der Waals surface area contributed by atoms with Gasteiger partial charge in [-0.05, 0) is 37.3 Å². The van der Waals surface area contributed by atoms with Gasteiger partial charge in [-0.2, -0.15) is 0 Å². The lowest BCUT2D eigenvalue weighted by atomic mass is 9.90. The highest BCUT2D eigenvalue weighted by Crippen LogP contribution is 2.23. The first kappa shape index (κ1) is 11.4. The summed E-state index contributed by atoms with van der Waals surface area (Å²) in [5, 5.41) is 3.36. The molecular weight excluding hydrogens is 170 g/mol. The Bertz CT molecular complexity index is 219. The van der Waals surface area contributed by atoms with E-state index in [0.717, 1.165) is 18.4 Å². The van der Waals surface area contributed by atoms with Crippen LogP contribution in [0.1, 0.15) is 41.5 Å². The molecular formula is C13H25N. The van der Waals surface area contributed by atoms with Crippen molar-refractivity contribution in [3.8, 4) is 0 Å². The summed E-state index contributed by atoms with van der Waals surface area (Å²) in [4.78, 5) is 0. The Kier molecular flexibility index (Phi) is 4.78. The van der Waals surface area contributed by atoms with Crippen LogP contribution in [0.25, 0.3) is 0 Å². The summed E-state index contributed by atoms with van der Waals surface area (Å²) in [5.41, 5.74) is 1.59. The highest BCUT2D eigenvalue weighted by molar-refractivity contribution is 5.07. The first-order chi connectivity index (χ1) is 6.70. The maximum absolute atomic E-state index is 3.36. The van der Waals surface area contributed by atoms with Crippen LogP contribution in [-0.2, 0) is 0 Å². The summed E-state index contributed by atoms with van der Waals surface area (Å²) in [6, 6.07) is 0. The third-order valence-electron chi connectivity index (χ3n) is 2.73. The SMILES string of the molecule is CC(C)C/C1=C/NC/C=C\CCC1C.[HH]. The van der Waals surface area contributed by atoms with Gasteiger partial charge in [0.2, 0.25) is 0 Å². The largest absolute Gasteiger partial charge is 0.387 e. The summed E-state index contributed by atoms with van der Waals surface area (Å²) in [5.74, 6) is 1.49. The van der Waals surface area contributed by atoms with E-state index in [1.807, 2.05) is 0 Å². The summed E-state index contributed by atoms with van der Waals surface area (Å²) in [7, 11) is 0. The van der Waals surface area contributed by atoms with Crippen LogP contribution in [0.4, 0.5) is 0 Å². The molecule has 0 saturated heterocycles. The van der Waals surface area contributed by atoms with Gasteiger partial charge in [-0.15, -0.1) is 0 Å². The van der Waals surface area contributed by atoms with Crippen molar-refractivity contribution in [1.29, 1.82) is 0 Å². The Hall–Kier alpha value is -0.720. The number of hydrogen-bond acceptors (Lipinski definition) is 1. The fourth-order valence-electron chi connectivity index (χ4n) is 1.86. The second-order valence-corrected chi connectivity index (χ2v) is 4.68. The highest BCUT2D eigenvalue weighted by atomic mass is 14.8. The van der Waals surface area contributed by atoms with E-state index in [1.165, 1.54) is 19.3 Å². The number of hydrogen-bond donors (Lipinski definition) is 1. The lowest BCUT2D eigenvalue weighted by Crippen LogP contribution is -2.09. The topological polar surface area (TPSA) is 12.0 Å². The molecule has 0 aromatic heterocycles. The van der Waals surface area contributed by atoms with Crippen LogP contribution in [-0.4, -0.2) is 6.54 Å². The molecule has 0 radical (unpaired) electrons. The fourth-order valence-corrected chi connectivity index (χ4v) is 1.86. The van der Waals surface area contributed by atoms with Gasteiger partial charge in [-0.3, -0.25) is 0 Å². The molecule has 0 aromatic carbocycles. The zero-order valence-corrected chi connectivity index (χ0v) is 9.72. The van der Waals surface area contributed by atoms with Crippen molar-refractivity contribution in [1.82, 2.24) is 5.32 Å². The van der Waals surface area contributed by atoms with Gasteiger partial charge in [0, 0.05) is 7.97 Å². The predicted octanol–water partition coefficient (Wildman–Crippen LogP) is 3.74. The van der Waals surface area contributed by atoms with E-state index in [9.17, 15) is 0 Å². The molecule has 1 atom stereocenters. The van der Waals surface area contributed by atoms with Gasteiger partial charge in [-0.1, -0.05) is 38.5 Å². The first-order valence-electron chi connectivity index (χ1n) is 5.77. The van der Waals surface area contributed by atoms with Gasteiger partial charge in [0.05, 0.1) is 0 Å². The number of nitrogens with one attached hydrogen (secondary N) is 1. The molecule has 1 aliphatic rings. The van der Waals surface area contributed by atoms with Crippen molar-refractivity contribution in [2.24, 2.45) is 11.8 Å². The number of allylic oxidation sites excluding steroid dienone is 2. The van der Waals surface area contributed by atoms with E-state index >= 15 is 0 Å². The lowest BCUT2D eigenvalue weighted by Gasteiger charge is -2.17.